The molecule has 0 saturated carbocycles. The number of pyridine rings is 1. The van der Waals surface area contributed by atoms with E-state index in [1.807, 2.05) is 12.1 Å². The Labute approximate surface area is 150 Å². The number of piperazine rings is 1. The van der Waals surface area contributed by atoms with Crippen LogP contribution < -0.4 is 15.2 Å². The molecule has 0 amide bonds. The molecule has 2 atom stereocenters. The second-order valence-corrected chi connectivity index (χ2v) is 6.98. The fourth-order valence-corrected chi connectivity index (χ4v) is 4.03. The zero-order valence-corrected chi connectivity index (χ0v) is 15.0. The van der Waals surface area contributed by atoms with Gasteiger partial charge in [0.25, 0.3) is 5.56 Å². The highest BCUT2D eigenvalue weighted by molar-refractivity contribution is 6.33. The minimum atomic E-state index is -0.251. The maximum Gasteiger partial charge on any atom is 0.287 e. The molecule has 0 spiro atoms. The van der Waals surface area contributed by atoms with Crippen LogP contribution in [-0.2, 0) is 13.6 Å². The van der Waals surface area contributed by atoms with Crippen molar-refractivity contribution in [3.63, 3.8) is 0 Å². The Bertz CT molecular complexity index is 843. The van der Waals surface area contributed by atoms with Gasteiger partial charge >= 0.3 is 0 Å². The first-order valence-corrected chi connectivity index (χ1v) is 8.66. The Morgan fingerprint density at radius 3 is 2.84 bits per heavy atom. The summed E-state index contributed by atoms with van der Waals surface area (Å²) in [4.78, 5) is 20.8. The molecule has 3 saturated heterocycles. The van der Waals surface area contributed by atoms with E-state index in [-0.39, 0.29) is 10.6 Å². The maximum atomic E-state index is 12.0. The van der Waals surface area contributed by atoms with E-state index in [9.17, 15) is 4.79 Å². The number of rotatable bonds is 4. The lowest BCUT2D eigenvalue weighted by atomic mass is 9.86. The van der Waals surface area contributed by atoms with Crippen molar-refractivity contribution < 1.29 is 4.74 Å². The first-order chi connectivity index (χ1) is 12.1. The number of hydrogen-bond acceptors (Lipinski definition) is 6. The van der Waals surface area contributed by atoms with E-state index in [1.165, 1.54) is 16.7 Å². The predicted octanol–water partition coefficient (Wildman–Crippen LogP) is 1.30. The largest absolute Gasteiger partial charge is 0.481 e. The number of aryl methyl sites for hydroxylation is 1. The highest BCUT2D eigenvalue weighted by atomic mass is 35.5. The number of hydrogen-bond donors (Lipinski definition) is 0. The van der Waals surface area contributed by atoms with E-state index >= 15 is 0 Å². The average molecular weight is 362 g/mol. The van der Waals surface area contributed by atoms with Crippen molar-refractivity contribution >= 4 is 17.3 Å². The summed E-state index contributed by atoms with van der Waals surface area (Å²) in [6.45, 7) is 2.59. The molecule has 2 aromatic rings. The second kappa shape index (κ2) is 6.31. The third kappa shape index (κ3) is 2.87. The average Bonchev–Trinajstić information content (AvgIpc) is 2.64. The van der Waals surface area contributed by atoms with E-state index < -0.39 is 0 Å². The van der Waals surface area contributed by atoms with Gasteiger partial charge in [-0.1, -0.05) is 11.6 Å². The van der Waals surface area contributed by atoms with Crippen LogP contribution in [-0.4, -0.2) is 51.9 Å². The molecular formula is C17H20ClN5O2. The van der Waals surface area contributed by atoms with Crippen molar-refractivity contribution in [3.05, 3.63) is 45.5 Å². The van der Waals surface area contributed by atoms with E-state index in [2.05, 4.69) is 19.9 Å². The van der Waals surface area contributed by atoms with E-state index in [4.69, 9.17) is 16.3 Å². The summed E-state index contributed by atoms with van der Waals surface area (Å²) in [7, 11) is 3.24. The molecule has 3 fully saturated rings. The molecule has 5 rings (SSSR count). The molecule has 8 heteroatoms. The number of methoxy groups -OCH3 is 1. The zero-order chi connectivity index (χ0) is 17.6. The lowest BCUT2D eigenvalue weighted by Gasteiger charge is -2.57. The van der Waals surface area contributed by atoms with Crippen LogP contribution in [0.25, 0.3) is 0 Å². The van der Waals surface area contributed by atoms with Gasteiger partial charge in [0.15, 0.2) is 0 Å². The Hall–Kier alpha value is -2.12. The molecule has 5 heterocycles. The van der Waals surface area contributed by atoms with Crippen molar-refractivity contribution in [2.24, 2.45) is 7.05 Å². The number of nitrogens with zero attached hydrogens (tertiary/aromatic N) is 5. The maximum absolute atomic E-state index is 12.0. The molecule has 7 nitrogen and oxygen atoms in total. The predicted molar refractivity (Wildman–Crippen MR) is 95.2 cm³/mol. The van der Waals surface area contributed by atoms with Crippen molar-refractivity contribution in [3.8, 4) is 5.88 Å². The highest BCUT2D eigenvalue weighted by Gasteiger charge is 2.44. The van der Waals surface area contributed by atoms with Gasteiger partial charge in [0, 0.05) is 51.0 Å². The van der Waals surface area contributed by atoms with Crippen molar-refractivity contribution in [1.29, 1.82) is 0 Å². The quantitative estimate of drug-likeness (QED) is 0.818. The lowest BCUT2D eigenvalue weighted by Crippen LogP contribution is -2.68. The Morgan fingerprint density at radius 1 is 1.36 bits per heavy atom. The number of halogens is 1. The minimum Gasteiger partial charge on any atom is -0.481 e. The van der Waals surface area contributed by atoms with Gasteiger partial charge in [0.1, 0.15) is 5.02 Å². The van der Waals surface area contributed by atoms with Crippen LogP contribution in [0.2, 0.25) is 5.02 Å². The SMILES string of the molecule is COc1cc(CN2C3CC2CN(c2cnn(C)c(=O)c2Cl)C3)ccn1. The van der Waals surface area contributed by atoms with Crippen molar-refractivity contribution in [1.82, 2.24) is 19.7 Å². The van der Waals surface area contributed by atoms with Gasteiger partial charge in [-0.3, -0.25) is 9.69 Å². The highest BCUT2D eigenvalue weighted by Crippen LogP contribution is 2.37. The summed E-state index contributed by atoms with van der Waals surface area (Å²) in [5.74, 6) is 0.641. The van der Waals surface area contributed by atoms with Gasteiger partial charge < -0.3 is 9.64 Å². The van der Waals surface area contributed by atoms with Crippen molar-refractivity contribution in [2.45, 2.75) is 25.0 Å². The van der Waals surface area contributed by atoms with Crippen LogP contribution >= 0.6 is 11.6 Å². The van der Waals surface area contributed by atoms with Crippen LogP contribution in [0.1, 0.15) is 12.0 Å². The lowest BCUT2D eigenvalue weighted by molar-refractivity contribution is -0.00852. The monoisotopic (exact) mass is 361 g/mol. The number of piperidine rings is 1. The Balaban J connectivity index is 1.47. The summed E-state index contributed by atoms with van der Waals surface area (Å²) in [5, 5.41) is 4.36. The van der Waals surface area contributed by atoms with Gasteiger partial charge in [-0.05, 0) is 18.1 Å². The zero-order valence-electron chi connectivity index (χ0n) is 14.2. The topological polar surface area (TPSA) is 63.5 Å². The fraction of sp³-hybridized carbons (Fsp3) is 0.471. The molecule has 0 aliphatic carbocycles. The third-order valence-corrected chi connectivity index (χ3v) is 5.47. The smallest absolute Gasteiger partial charge is 0.287 e. The van der Waals surface area contributed by atoms with Crippen LogP contribution in [0.5, 0.6) is 5.88 Å². The Kier molecular flexibility index (Phi) is 4.13. The summed E-state index contributed by atoms with van der Waals surface area (Å²) in [6, 6.07) is 4.92. The molecular weight excluding hydrogens is 342 g/mol. The number of ether oxygens (including phenoxy) is 1. The minimum absolute atomic E-state index is 0.251. The summed E-state index contributed by atoms with van der Waals surface area (Å²) >= 11 is 6.24. The number of fused-ring (bicyclic) bond motifs is 2. The van der Waals surface area contributed by atoms with E-state index in [0.29, 0.717) is 18.0 Å². The first-order valence-electron chi connectivity index (χ1n) is 8.28. The number of anilines is 1. The van der Waals surface area contributed by atoms with Gasteiger partial charge in [-0.2, -0.15) is 5.10 Å². The molecule has 0 N–H and O–H groups in total. The molecule has 2 unspecified atom stereocenters. The summed E-state index contributed by atoms with van der Waals surface area (Å²) in [5.41, 5.74) is 1.69. The summed E-state index contributed by atoms with van der Waals surface area (Å²) in [6.07, 6.45) is 4.64. The Morgan fingerprint density at radius 2 is 2.12 bits per heavy atom. The molecule has 0 radical (unpaired) electrons. The van der Waals surface area contributed by atoms with E-state index in [0.717, 1.165) is 25.3 Å². The third-order valence-electron chi connectivity index (χ3n) is 5.12. The van der Waals surface area contributed by atoms with Crippen LogP contribution in [0, 0.1) is 0 Å². The molecule has 2 bridgehead atoms. The molecule has 0 aromatic carbocycles. The van der Waals surface area contributed by atoms with Gasteiger partial charge in [0.2, 0.25) is 5.88 Å². The molecule has 3 aliphatic heterocycles. The standard InChI is InChI=1S/C17H20ClN5O2/c1-21-17(24)16(18)14(7-20-21)22-9-12-6-13(10-22)23(12)8-11-3-4-19-15(5-11)25-2/h3-5,7,12-13H,6,8-10H2,1-2H3. The van der Waals surface area contributed by atoms with Crippen LogP contribution in [0.4, 0.5) is 5.69 Å². The summed E-state index contributed by atoms with van der Waals surface area (Å²) < 4.78 is 6.46. The van der Waals surface area contributed by atoms with Gasteiger partial charge in [-0.25, -0.2) is 9.67 Å². The normalized spacial score (nSPS) is 22.6. The van der Waals surface area contributed by atoms with Gasteiger partial charge in [-0.15, -0.1) is 0 Å². The molecule has 2 aromatic heterocycles. The van der Waals surface area contributed by atoms with Crippen molar-refractivity contribution in [2.75, 3.05) is 25.1 Å². The van der Waals surface area contributed by atoms with E-state index in [1.54, 1.807) is 26.6 Å². The number of aromatic nitrogens is 3. The molecule has 132 valence electrons. The molecule has 25 heavy (non-hydrogen) atoms. The van der Waals surface area contributed by atoms with Crippen LogP contribution in [0.15, 0.2) is 29.3 Å². The van der Waals surface area contributed by atoms with Crippen LogP contribution in [0.3, 0.4) is 0 Å². The van der Waals surface area contributed by atoms with Gasteiger partial charge in [0.05, 0.1) is 19.0 Å². The fourth-order valence-electron chi connectivity index (χ4n) is 3.74. The molecule has 3 aliphatic rings. The second-order valence-electron chi connectivity index (χ2n) is 6.60. The first kappa shape index (κ1) is 16.4.